The maximum atomic E-state index is 11.4. The van der Waals surface area contributed by atoms with Crippen LogP contribution < -0.4 is 0 Å². The summed E-state index contributed by atoms with van der Waals surface area (Å²) in [4.78, 5) is 13.3. The van der Waals surface area contributed by atoms with E-state index in [1.54, 1.807) is 18.2 Å². The lowest BCUT2D eigenvalue weighted by Gasteiger charge is -2.32. The third-order valence-corrected chi connectivity index (χ3v) is 3.64. The Morgan fingerprint density at radius 3 is 2.50 bits per heavy atom. The quantitative estimate of drug-likeness (QED) is 0.929. The van der Waals surface area contributed by atoms with Crippen molar-refractivity contribution in [2.45, 2.75) is 6.04 Å². The molecule has 0 radical (unpaired) electrons. The molecule has 0 unspecified atom stereocenters. The van der Waals surface area contributed by atoms with Crippen LogP contribution in [-0.2, 0) is 9.53 Å². The lowest BCUT2D eigenvalue weighted by atomic mass is 10.1. The Hall–Kier alpha value is -0.810. The number of carboxylic acid groups (broad SMARTS) is 1. The Morgan fingerprint density at radius 1 is 1.28 bits per heavy atom. The van der Waals surface area contributed by atoms with Crippen molar-refractivity contribution in [3.05, 3.63) is 33.8 Å². The fourth-order valence-corrected chi connectivity index (χ4v) is 2.33. The van der Waals surface area contributed by atoms with Gasteiger partial charge in [0, 0.05) is 13.1 Å². The van der Waals surface area contributed by atoms with Crippen molar-refractivity contribution in [2.75, 3.05) is 26.3 Å². The summed E-state index contributed by atoms with van der Waals surface area (Å²) < 4.78 is 5.23. The van der Waals surface area contributed by atoms with Gasteiger partial charge in [-0.25, -0.2) is 0 Å². The largest absolute Gasteiger partial charge is 0.480 e. The average Bonchev–Trinajstić information content (AvgIpc) is 2.35. The highest BCUT2D eigenvalue weighted by atomic mass is 35.5. The number of rotatable bonds is 3. The first-order valence-corrected chi connectivity index (χ1v) is 6.35. The molecule has 1 saturated heterocycles. The Kier molecular flexibility index (Phi) is 4.45. The van der Waals surface area contributed by atoms with Gasteiger partial charge in [-0.15, -0.1) is 0 Å². The Morgan fingerprint density at radius 2 is 1.94 bits per heavy atom. The molecule has 0 aromatic heterocycles. The Balaban J connectivity index is 2.28. The number of morpholine rings is 1. The highest BCUT2D eigenvalue weighted by Gasteiger charge is 2.29. The van der Waals surface area contributed by atoms with Gasteiger partial charge in [0.2, 0.25) is 0 Å². The van der Waals surface area contributed by atoms with Crippen LogP contribution in [0.1, 0.15) is 11.6 Å². The number of ether oxygens (including phenoxy) is 1. The van der Waals surface area contributed by atoms with E-state index < -0.39 is 12.0 Å². The molecule has 0 aliphatic carbocycles. The molecule has 0 spiro atoms. The minimum atomic E-state index is -0.893. The molecular formula is C12H13Cl2NO3. The van der Waals surface area contributed by atoms with Crippen molar-refractivity contribution in [3.63, 3.8) is 0 Å². The van der Waals surface area contributed by atoms with Crippen molar-refractivity contribution in [1.82, 2.24) is 4.90 Å². The summed E-state index contributed by atoms with van der Waals surface area (Å²) in [6.07, 6.45) is 0. The van der Waals surface area contributed by atoms with Crippen LogP contribution in [0.4, 0.5) is 0 Å². The molecule has 1 heterocycles. The maximum absolute atomic E-state index is 11.4. The third kappa shape index (κ3) is 2.95. The first kappa shape index (κ1) is 13.6. The number of halogens is 2. The fourth-order valence-electron chi connectivity index (χ4n) is 2.03. The summed E-state index contributed by atoms with van der Waals surface area (Å²) >= 11 is 11.8. The van der Waals surface area contributed by atoms with Crippen LogP contribution in [0, 0.1) is 0 Å². The zero-order valence-corrected chi connectivity index (χ0v) is 11.1. The Bertz CT molecular complexity index is 447. The number of hydrogen-bond acceptors (Lipinski definition) is 3. The Labute approximate surface area is 115 Å². The van der Waals surface area contributed by atoms with Crippen LogP contribution in [0.2, 0.25) is 10.0 Å². The molecule has 1 aliphatic heterocycles. The van der Waals surface area contributed by atoms with Crippen molar-refractivity contribution >= 4 is 29.2 Å². The normalized spacial score (nSPS) is 18.6. The van der Waals surface area contributed by atoms with E-state index in [-0.39, 0.29) is 0 Å². The molecule has 1 N–H and O–H groups in total. The van der Waals surface area contributed by atoms with Crippen molar-refractivity contribution in [2.24, 2.45) is 0 Å². The summed E-state index contributed by atoms with van der Waals surface area (Å²) in [6.45, 7) is 2.28. The van der Waals surface area contributed by atoms with Crippen molar-refractivity contribution < 1.29 is 14.6 Å². The smallest absolute Gasteiger partial charge is 0.325 e. The first-order chi connectivity index (χ1) is 8.59. The van der Waals surface area contributed by atoms with E-state index in [1.165, 1.54) is 0 Å². The van der Waals surface area contributed by atoms with E-state index in [1.807, 2.05) is 4.90 Å². The number of carbonyl (C=O) groups is 1. The minimum absolute atomic E-state index is 0.369. The average molecular weight is 290 g/mol. The maximum Gasteiger partial charge on any atom is 0.325 e. The standard InChI is InChI=1S/C12H13Cl2NO3/c13-9-2-1-8(7-10(9)14)11(12(16)17)15-3-5-18-6-4-15/h1-2,7,11H,3-6H2,(H,16,17)/t11-/m0/s1. The van der Waals surface area contributed by atoms with Gasteiger partial charge < -0.3 is 9.84 Å². The molecule has 0 bridgehead atoms. The van der Waals surface area contributed by atoms with Crippen molar-refractivity contribution in [1.29, 1.82) is 0 Å². The zero-order chi connectivity index (χ0) is 13.1. The highest BCUT2D eigenvalue weighted by Crippen LogP contribution is 2.29. The van der Waals surface area contributed by atoms with Gasteiger partial charge in [-0.2, -0.15) is 0 Å². The second kappa shape index (κ2) is 5.89. The lowest BCUT2D eigenvalue weighted by Crippen LogP contribution is -2.42. The minimum Gasteiger partial charge on any atom is -0.480 e. The van der Waals surface area contributed by atoms with Gasteiger partial charge in [-0.1, -0.05) is 29.3 Å². The van der Waals surface area contributed by atoms with E-state index in [9.17, 15) is 9.90 Å². The summed E-state index contributed by atoms with van der Waals surface area (Å²) in [5.74, 6) is -0.893. The van der Waals surface area contributed by atoms with Crippen LogP contribution in [0.15, 0.2) is 18.2 Å². The SMILES string of the molecule is O=C(O)[C@H](c1ccc(Cl)c(Cl)c1)N1CCOCC1. The van der Waals surface area contributed by atoms with Crippen LogP contribution in [0.5, 0.6) is 0 Å². The van der Waals surface area contributed by atoms with E-state index in [0.717, 1.165) is 0 Å². The molecule has 1 aromatic carbocycles. The van der Waals surface area contributed by atoms with Crippen LogP contribution in [-0.4, -0.2) is 42.3 Å². The molecule has 1 fully saturated rings. The number of aliphatic carboxylic acids is 1. The fraction of sp³-hybridized carbons (Fsp3) is 0.417. The van der Waals surface area contributed by atoms with E-state index in [4.69, 9.17) is 27.9 Å². The third-order valence-electron chi connectivity index (χ3n) is 2.90. The predicted octanol–water partition coefficient (Wildman–Crippen LogP) is 2.45. The molecule has 0 saturated carbocycles. The molecule has 18 heavy (non-hydrogen) atoms. The number of benzene rings is 1. The molecule has 1 aliphatic rings. The number of hydrogen-bond donors (Lipinski definition) is 1. The van der Waals surface area contributed by atoms with E-state index >= 15 is 0 Å². The van der Waals surface area contributed by atoms with E-state index in [0.29, 0.717) is 41.9 Å². The van der Waals surface area contributed by atoms with Gasteiger partial charge in [-0.3, -0.25) is 9.69 Å². The van der Waals surface area contributed by atoms with Gasteiger partial charge in [0.05, 0.1) is 23.3 Å². The zero-order valence-electron chi connectivity index (χ0n) is 9.60. The van der Waals surface area contributed by atoms with E-state index in [2.05, 4.69) is 0 Å². The van der Waals surface area contributed by atoms with Crippen LogP contribution in [0.3, 0.4) is 0 Å². The molecular weight excluding hydrogens is 277 g/mol. The van der Waals surface area contributed by atoms with Gasteiger partial charge in [0.25, 0.3) is 0 Å². The monoisotopic (exact) mass is 289 g/mol. The van der Waals surface area contributed by atoms with Crippen molar-refractivity contribution in [3.8, 4) is 0 Å². The van der Waals surface area contributed by atoms with Gasteiger partial charge in [-0.05, 0) is 17.7 Å². The van der Waals surface area contributed by atoms with Crippen LogP contribution in [0.25, 0.3) is 0 Å². The second-order valence-electron chi connectivity index (χ2n) is 4.06. The molecule has 1 atom stereocenters. The predicted molar refractivity (Wildman–Crippen MR) is 69.2 cm³/mol. The summed E-state index contributed by atoms with van der Waals surface area (Å²) in [5.41, 5.74) is 0.638. The lowest BCUT2D eigenvalue weighted by molar-refractivity contribution is -0.145. The molecule has 0 amide bonds. The molecule has 6 heteroatoms. The molecule has 98 valence electrons. The molecule has 2 rings (SSSR count). The van der Waals surface area contributed by atoms with Gasteiger partial charge >= 0.3 is 5.97 Å². The summed E-state index contributed by atoms with van der Waals surface area (Å²) in [6, 6.07) is 4.22. The van der Waals surface area contributed by atoms with Gasteiger partial charge in [0.15, 0.2) is 0 Å². The van der Waals surface area contributed by atoms with Crippen LogP contribution >= 0.6 is 23.2 Å². The number of nitrogens with zero attached hydrogens (tertiary/aromatic N) is 1. The first-order valence-electron chi connectivity index (χ1n) is 5.59. The van der Waals surface area contributed by atoms with Gasteiger partial charge in [0.1, 0.15) is 6.04 Å². The highest BCUT2D eigenvalue weighted by molar-refractivity contribution is 6.42. The number of carboxylic acids is 1. The topological polar surface area (TPSA) is 49.8 Å². The summed E-state index contributed by atoms with van der Waals surface area (Å²) in [5, 5.41) is 10.2. The molecule has 4 nitrogen and oxygen atoms in total. The molecule has 1 aromatic rings. The summed E-state index contributed by atoms with van der Waals surface area (Å²) in [7, 11) is 0. The second-order valence-corrected chi connectivity index (χ2v) is 4.88.